The van der Waals surface area contributed by atoms with E-state index in [1.807, 2.05) is 16.8 Å². The van der Waals surface area contributed by atoms with Crippen molar-refractivity contribution in [1.29, 1.82) is 0 Å². The van der Waals surface area contributed by atoms with Crippen LogP contribution in [-0.4, -0.2) is 29.2 Å². The molecule has 0 N–H and O–H groups in total. The Labute approximate surface area is 103 Å². The molecule has 0 fully saturated rings. The van der Waals surface area contributed by atoms with Gasteiger partial charge in [0.2, 0.25) is 0 Å². The van der Waals surface area contributed by atoms with Gasteiger partial charge in [0.25, 0.3) is 0 Å². The fraction of sp³-hybridized carbons (Fsp3) is 0.500. The molecule has 0 aliphatic carbocycles. The largest absolute Gasteiger partial charge is 0.361 e. The summed E-state index contributed by atoms with van der Waals surface area (Å²) in [5, 5.41) is 0. The highest BCUT2D eigenvalue weighted by atomic mass is 28.3. The molecule has 0 atom stereocenters. The zero-order chi connectivity index (χ0) is 12.3. The molecule has 0 aliphatic heterocycles. The van der Waals surface area contributed by atoms with Crippen molar-refractivity contribution in [3.8, 4) is 0 Å². The van der Waals surface area contributed by atoms with Gasteiger partial charge in [-0.15, -0.1) is 0 Å². The summed E-state index contributed by atoms with van der Waals surface area (Å²) in [6, 6.07) is 3.15. The third kappa shape index (κ3) is 3.37. The average Bonchev–Trinajstić information content (AvgIpc) is 2.67. The molecule has 0 amide bonds. The maximum atomic E-state index is 5.69. The van der Waals surface area contributed by atoms with Crippen molar-refractivity contribution in [1.82, 2.24) is 14.5 Å². The third-order valence-corrected chi connectivity index (χ3v) is 4.32. The molecular formula is C12H19N3OSi. The Balaban J connectivity index is 1.91. The van der Waals surface area contributed by atoms with E-state index in [4.69, 9.17) is 4.74 Å². The predicted octanol–water partition coefficient (Wildman–Crippen LogP) is 2.74. The van der Waals surface area contributed by atoms with Crippen LogP contribution in [0.15, 0.2) is 24.7 Å². The molecule has 2 aromatic heterocycles. The van der Waals surface area contributed by atoms with Crippen LogP contribution in [0.5, 0.6) is 0 Å². The molecule has 17 heavy (non-hydrogen) atoms. The SMILES string of the molecule is C[Si](C)(C)CCOCn1ccc2nccnc21. The van der Waals surface area contributed by atoms with Gasteiger partial charge < -0.3 is 9.30 Å². The number of ether oxygens (including phenoxy) is 1. The molecule has 2 aromatic rings. The van der Waals surface area contributed by atoms with Gasteiger partial charge in [-0.3, -0.25) is 4.98 Å². The second-order valence-electron chi connectivity index (χ2n) is 5.40. The van der Waals surface area contributed by atoms with Gasteiger partial charge in [0.1, 0.15) is 12.2 Å². The van der Waals surface area contributed by atoms with Crippen molar-refractivity contribution in [3.05, 3.63) is 24.7 Å². The summed E-state index contributed by atoms with van der Waals surface area (Å²) in [4.78, 5) is 8.54. The Morgan fingerprint density at radius 3 is 2.76 bits per heavy atom. The van der Waals surface area contributed by atoms with Gasteiger partial charge >= 0.3 is 0 Å². The van der Waals surface area contributed by atoms with Gasteiger partial charge in [-0.25, -0.2) is 4.98 Å². The second-order valence-corrected chi connectivity index (χ2v) is 11.0. The van der Waals surface area contributed by atoms with Crippen molar-refractivity contribution in [2.75, 3.05) is 6.61 Å². The van der Waals surface area contributed by atoms with Gasteiger partial charge in [0, 0.05) is 33.3 Å². The second kappa shape index (κ2) is 4.97. The lowest BCUT2D eigenvalue weighted by Gasteiger charge is -2.15. The van der Waals surface area contributed by atoms with Crippen molar-refractivity contribution < 1.29 is 4.74 Å². The van der Waals surface area contributed by atoms with Crippen molar-refractivity contribution in [3.63, 3.8) is 0 Å². The first-order chi connectivity index (χ1) is 8.06. The highest BCUT2D eigenvalue weighted by Gasteiger charge is 2.12. The minimum absolute atomic E-state index is 0.562. The van der Waals surface area contributed by atoms with Crippen LogP contribution >= 0.6 is 0 Å². The molecule has 0 bridgehead atoms. The van der Waals surface area contributed by atoms with E-state index < -0.39 is 8.07 Å². The number of hydrogen-bond acceptors (Lipinski definition) is 3. The summed E-state index contributed by atoms with van der Waals surface area (Å²) < 4.78 is 7.68. The maximum absolute atomic E-state index is 5.69. The van der Waals surface area contributed by atoms with Crippen molar-refractivity contribution in [2.45, 2.75) is 32.4 Å². The first-order valence-corrected chi connectivity index (χ1v) is 9.60. The summed E-state index contributed by atoms with van der Waals surface area (Å²) >= 11 is 0. The summed E-state index contributed by atoms with van der Waals surface area (Å²) in [7, 11) is -0.995. The van der Waals surface area contributed by atoms with E-state index in [1.165, 1.54) is 6.04 Å². The zero-order valence-electron chi connectivity index (χ0n) is 10.7. The number of aromatic nitrogens is 3. The molecule has 2 rings (SSSR count). The minimum atomic E-state index is -0.995. The molecule has 4 nitrogen and oxygen atoms in total. The van der Waals surface area contributed by atoms with E-state index in [9.17, 15) is 0 Å². The van der Waals surface area contributed by atoms with Gasteiger partial charge in [-0.2, -0.15) is 0 Å². The van der Waals surface area contributed by atoms with Crippen LogP contribution < -0.4 is 0 Å². The van der Waals surface area contributed by atoms with Crippen LogP contribution in [0.25, 0.3) is 11.2 Å². The Morgan fingerprint density at radius 2 is 2.00 bits per heavy atom. The van der Waals surface area contributed by atoms with E-state index >= 15 is 0 Å². The number of fused-ring (bicyclic) bond motifs is 1. The van der Waals surface area contributed by atoms with Crippen molar-refractivity contribution >= 4 is 19.2 Å². The van der Waals surface area contributed by atoms with Crippen LogP contribution in [0.2, 0.25) is 25.7 Å². The fourth-order valence-corrected chi connectivity index (χ4v) is 2.31. The topological polar surface area (TPSA) is 39.9 Å². The van der Waals surface area contributed by atoms with E-state index in [2.05, 4.69) is 29.6 Å². The molecule has 0 unspecified atom stereocenters. The molecule has 0 spiro atoms. The van der Waals surface area contributed by atoms with Crippen LogP contribution in [0.1, 0.15) is 0 Å². The maximum Gasteiger partial charge on any atom is 0.160 e. The molecule has 92 valence electrons. The molecular weight excluding hydrogens is 230 g/mol. The highest BCUT2D eigenvalue weighted by Crippen LogP contribution is 2.11. The summed E-state index contributed by atoms with van der Waals surface area (Å²) in [6.45, 7) is 8.45. The normalized spacial score (nSPS) is 12.2. The fourth-order valence-electron chi connectivity index (χ4n) is 1.56. The first kappa shape index (κ1) is 12.3. The zero-order valence-corrected chi connectivity index (χ0v) is 11.7. The van der Waals surface area contributed by atoms with Gasteiger partial charge in [0.05, 0.1) is 0 Å². The van der Waals surface area contributed by atoms with Gasteiger partial charge in [-0.05, 0) is 12.1 Å². The molecule has 0 aliphatic rings. The molecule has 0 aromatic carbocycles. The molecule has 0 radical (unpaired) electrons. The van der Waals surface area contributed by atoms with Crippen molar-refractivity contribution in [2.24, 2.45) is 0 Å². The number of rotatable bonds is 5. The third-order valence-electron chi connectivity index (χ3n) is 2.62. The minimum Gasteiger partial charge on any atom is -0.361 e. The lowest BCUT2D eigenvalue weighted by atomic mass is 10.5. The van der Waals surface area contributed by atoms with Crippen LogP contribution in [0.4, 0.5) is 0 Å². The van der Waals surface area contributed by atoms with Crippen LogP contribution in [-0.2, 0) is 11.5 Å². The smallest absolute Gasteiger partial charge is 0.160 e. The van der Waals surface area contributed by atoms with Gasteiger partial charge in [-0.1, -0.05) is 19.6 Å². The molecule has 0 saturated heterocycles. The van der Waals surface area contributed by atoms with E-state index in [1.54, 1.807) is 12.4 Å². The highest BCUT2D eigenvalue weighted by molar-refractivity contribution is 6.76. The molecule has 0 saturated carbocycles. The summed E-state index contributed by atoms with van der Waals surface area (Å²) in [6.07, 6.45) is 5.39. The lowest BCUT2D eigenvalue weighted by molar-refractivity contribution is 0.0899. The lowest BCUT2D eigenvalue weighted by Crippen LogP contribution is -2.22. The van der Waals surface area contributed by atoms with E-state index in [-0.39, 0.29) is 0 Å². The summed E-state index contributed by atoms with van der Waals surface area (Å²) in [5.74, 6) is 0. The Kier molecular flexibility index (Phi) is 3.59. The van der Waals surface area contributed by atoms with Gasteiger partial charge in [0.15, 0.2) is 5.65 Å². The quantitative estimate of drug-likeness (QED) is 0.604. The Morgan fingerprint density at radius 1 is 1.24 bits per heavy atom. The first-order valence-electron chi connectivity index (χ1n) is 5.90. The average molecular weight is 249 g/mol. The predicted molar refractivity (Wildman–Crippen MR) is 71.6 cm³/mol. The van der Waals surface area contributed by atoms with E-state index in [0.717, 1.165) is 17.8 Å². The number of nitrogens with zero attached hydrogens (tertiary/aromatic N) is 3. The van der Waals surface area contributed by atoms with Crippen LogP contribution in [0, 0.1) is 0 Å². The number of hydrogen-bond donors (Lipinski definition) is 0. The Hall–Kier alpha value is -1.20. The molecule has 2 heterocycles. The Bertz CT molecular complexity index is 490. The summed E-state index contributed by atoms with van der Waals surface area (Å²) in [5.41, 5.74) is 1.81. The van der Waals surface area contributed by atoms with E-state index in [0.29, 0.717) is 6.73 Å². The van der Waals surface area contributed by atoms with Crippen LogP contribution in [0.3, 0.4) is 0 Å². The standard InChI is InChI=1S/C12H19N3OSi/c1-17(2,3)9-8-16-10-15-7-4-11-12(15)14-6-5-13-11/h4-7H,8-10H2,1-3H3. The molecule has 5 heteroatoms. The monoisotopic (exact) mass is 249 g/mol.